The van der Waals surface area contributed by atoms with Crippen LogP contribution in [0.25, 0.3) is 11.0 Å². The molecule has 0 fully saturated rings. The summed E-state index contributed by atoms with van der Waals surface area (Å²) in [6.07, 6.45) is 3.01. The molecule has 3 N–H and O–H groups in total. The summed E-state index contributed by atoms with van der Waals surface area (Å²) in [4.78, 5) is 36.8. The molecule has 3 aromatic rings. The van der Waals surface area contributed by atoms with Gasteiger partial charge in [0.1, 0.15) is 11.4 Å². The van der Waals surface area contributed by atoms with Crippen molar-refractivity contribution in [1.29, 1.82) is 0 Å². The summed E-state index contributed by atoms with van der Waals surface area (Å²) in [7, 11) is 3.38. The highest BCUT2D eigenvalue weighted by Gasteiger charge is 2.10. The number of fused-ring (bicyclic) bond motifs is 1. The smallest absolute Gasteiger partial charge is 0.259 e. The van der Waals surface area contributed by atoms with E-state index in [1.54, 1.807) is 56.7 Å². The molecule has 1 aromatic carbocycles. The zero-order chi connectivity index (χ0) is 19.4. The second-order valence-electron chi connectivity index (χ2n) is 5.97. The number of rotatable bonds is 4. The largest absolute Gasteiger partial charge is 0.345 e. The topological polar surface area (TPSA) is 117 Å². The van der Waals surface area contributed by atoms with Gasteiger partial charge in [0.15, 0.2) is 0 Å². The Kier molecular flexibility index (Phi) is 5.07. The molecule has 3 rings (SSSR count). The quantitative estimate of drug-likeness (QED) is 0.417. The molecule has 27 heavy (non-hydrogen) atoms. The zero-order valence-corrected chi connectivity index (χ0v) is 14.9. The first-order valence-corrected chi connectivity index (χ1v) is 8.11. The molecule has 2 aromatic heterocycles. The SMILES string of the molecule is CN(C)C(=O)c1ccc(N=CC(=NN)c2cc3cccnc3[nH]c2=O)cc1. The number of nitrogens with two attached hydrogens (primary N) is 1. The number of carbonyl (C=O) groups is 1. The minimum Gasteiger partial charge on any atom is -0.345 e. The number of H-pyrrole nitrogens is 1. The number of benzene rings is 1. The highest BCUT2D eigenvalue weighted by Crippen LogP contribution is 2.14. The third kappa shape index (κ3) is 3.90. The van der Waals surface area contributed by atoms with Crippen molar-refractivity contribution in [1.82, 2.24) is 14.9 Å². The van der Waals surface area contributed by atoms with Crippen LogP contribution in [-0.4, -0.2) is 46.8 Å². The van der Waals surface area contributed by atoms with E-state index in [4.69, 9.17) is 5.84 Å². The summed E-state index contributed by atoms with van der Waals surface area (Å²) >= 11 is 0. The maximum absolute atomic E-state index is 12.3. The van der Waals surface area contributed by atoms with Gasteiger partial charge < -0.3 is 15.7 Å². The van der Waals surface area contributed by atoms with Crippen LogP contribution in [0.2, 0.25) is 0 Å². The van der Waals surface area contributed by atoms with Gasteiger partial charge in [-0.05, 0) is 42.5 Å². The Morgan fingerprint density at radius 1 is 1.22 bits per heavy atom. The van der Waals surface area contributed by atoms with Crippen molar-refractivity contribution in [2.24, 2.45) is 15.9 Å². The Morgan fingerprint density at radius 2 is 1.96 bits per heavy atom. The van der Waals surface area contributed by atoms with Crippen molar-refractivity contribution in [2.45, 2.75) is 0 Å². The van der Waals surface area contributed by atoms with Gasteiger partial charge in [-0.3, -0.25) is 14.6 Å². The number of aliphatic imine (C=N–C) groups is 1. The monoisotopic (exact) mass is 362 g/mol. The third-order valence-electron chi connectivity index (χ3n) is 3.89. The molecule has 0 bridgehead atoms. The Balaban J connectivity index is 1.88. The van der Waals surface area contributed by atoms with E-state index in [0.29, 0.717) is 22.5 Å². The fourth-order valence-corrected chi connectivity index (χ4v) is 2.48. The molecule has 1 amide bonds. The molecule has 0 aliphatic carbocycles. The number of hydrogen-bond donors (Lipinski definition) is 2. The van der Waals surface area contributed by atoms with Gasteiger partial charge in [0, 0.05) is 31.2 Å². The number of amides is 1. The maximum Gasteiger partial charge on any atom is 0.259 e. The lowest BCUT2D eigenvalue weighted by Crippen LogP contribution is -2.21. The second kappa shape index (κ2) is 7.61. The fourth-order valence-electron chi connectivity index (χ4n) is 2.48. The van der Waals surface area contributed by atoms with Crippen LogP contribution in [-0.2, 0) is 0 Å². The van der Waals surface area contributed by atoms with Gasteiger partial charge in [0.2, 0.25) is 0 Å². The molecule has 0 unspecified atom stereocenters. The average Bonchev–Trinajstić information content (AvgIpc) is 2.68. The van der Waals surface area contributed by atoms with Crippen LogP contribution >= 0.6 is 0 Å². The Labute approximate surface area is 155 Å². The van der Waals surface area contributed by atoms with Crippen LogP contribution in [0, 0.1) is 0 Å². The lowest BCUT2D eigenvalue weighted by atomic mass is 10.1. The first-order valence-electron chi connectivity index (χ1n) is 8.11. The number of hydrogen-bond acceptors (Lipinski definition) is 6. The lowest BCUT2D eigenvalue weighted by Gasteiger charge is -2.09. The summed E-state index contributed by atoms with van der Waals surface area (Å²) in [5.74, 6) is 5.37. The van der Waals surface area contributed by atoms with Crippen molar-refractivity contribution in [2.75, 3.05) is 14.1 Å². The minimum absolute atomic E-state index is 0.0916. The van der Waals surface area contributed by atoms with E-state index in [0.717, 1.165) is 5.39 Å². The molecule has 0 saturated carbocycles. The van der Waals surface area contributed by atoms with E-state index >= 15 is 0 Å². The first-order chi connectivity index (χ1) is 13.0. The molecule has 0 spiro atoms. The third-order valence-corrected chi connectivity index (χ3v) is 3.89. The fraction of sp³-hybridized carbons (Fsp3) is 0.105. The molecule has 8 heteroatoms. The maximum atomic E-state index is 12.3. The Hall–Kier alpha value is -3.81. The predicted molar refractivity (Wildman–Crippen MR) is 106 cm³/mol. The van der Waals surface area contributed by atoms with Crippen molar-refractivity contribution < 1.29 is 4.79 Å². The highest BCUT2D eigenvalue weighted by atomic mass is 16.2. The van der Waals surface area contributed by atoms with E-state index < -0.39 is 0 Å². The van der Waals surface area contributed by atoms with E-state index in [-0.39, 0.29) is 17.2 Å². The van der Waals surface area contributed by atoms with Crippen molar-refractivity contribution in [3.8, 4) is 0 Å². The number of pyridine rings is 2. The molecule has 0 atom stereocenters. The number of nitrogens with one attached hydrogen (secondary N) is 1. The lowest BCUT2D eigenvalue weighted by molar-refractivity contribution is 0.0827. The van der Waals surface area contributed by atoms with Crippen molar-refractivity contribution in [3.63, 3.8) is 0 Å². The highest BCUT2D eigenvalue weighted by molar-refractivity contribution is 6.38. The van der Waals surface area contributed by atoms with E-state index in [9.17, 15) is 9.59 Å². The second-order valence-corrected chi connectivity index (χ2v) is 5.97. The summed E-state index contributed by atoms with van der Waals surface area (Å²) in [6.45, 7) is 0. The van der Waals surface area contributed by atoms with Gasteiger partial charge in [-0.15, -0.1) is 0 Å². The molecule has 8 nitrogen and oxygen atoms in total. The molecule has 0 saturated heterocycles. The van der Waals surface area contributed by atoms with E-state index in [1.807, 2.05) is 6.07 Å². The van der Waals surface area contributed by atoms with Crippen LogP contribution < -0.4 is 11.4 Å². The van der Waals surface area contributed by atoms with Gasteiger partial charge in [0.05, 0.1) is 17.5 Å². The van der Waals surface area contributed by atoms with Crippen molar-refractivity contribution in [3.05, 3.63) is 70.1 Å². The van der Waals surface area contributed by atoms with Crippen LogP contribution in [0.15, 0.2) is 63.5 Å². The molecule has 0 aliphatic rings. The van der Waals surface area contributed by atoms with Crippen molar-refractivity contribution >= 4 is 34.6 Å². The Morgan fingerprint density at radius 3 is 2.63 bits per heavy atom. The summed E-state index contributed by atoms with van der Waals surface area (Å²) in [5, 5.41) is 4.43. The number of nitrogens with zero attached hydrogens (tertiary/aromatic N) is 4. The molecule has 136 valence electrons. The first kappa shape index (κ1) is 18.0. The Bertz CT molecular complexity index is 1100. The van der Waals surface area contributed by atoms with Crippen LogP contribution in [0.4, 0.5) is 5.69 Å². The van der Waals surface area contributed by atoms with Gasteiger partial charge in [0.25, 0.3) is 11.5 Å². The summed E-state index contributed by atoms with van der Waals surface area (Å²) < 4.78 is 0. The van der Waals surface area contributed by atoms with E-state index in [2.05, 4.69) is 20.1 Å². The number of aromatic nitrogens is 2. The molecule has 2 heterocycles. The molecular formula is C19H18N6O2. The molecule has 0 radical (unpaired) electrons. The van der Waals surface area contributed by atoms with E-state index in [1.165, 1.54) is 11.1 Å². The minimum atomic E-state index is -0.358. The number of carbonyl (C=O) groups excluding carboxylic acids is 1. The van der Waals surface area contributed by atoms with Gasteiger partial charge in [-0.2, -0.15) is 5.10 Å². The summed E-state index contributed by atoms with van der Waals surface area (Å²) in [5.41, 5.74) is 1.82. The van der Waals surface area contributed by atoms with Gasteiger partial charge >= 0.3 is 0 Å². The zero-order valence-electron chi connectivity index (χ0n) is 14.9. The van der Waals surface area contributed by atoms with Gasteiger partial charge in [-0.25, -0.2) is 4.98 Å². The van der Waals surface area contributed by atoms with Crippen LogP contribution in [0.1, 0.15) is 15.9 Å². The number of hydrazone groups is 1. The molecule has 0 aliphatic heterocycles. The van der Waals surface area contributed by atoms with Crippen LogP contribution in [0.5, 0.6) is 0 Å². The average molecular weight is 362 g/mol. The standard InChI is InChI=1S/C19H18N6O2/c1-25(2)19(27)12-5-7-14(8-6-12)22-11-16(24-20)15-10-13-4-3-9-21-17(13)23-18(15)26/h3-11H,20H2,1-2H3,(H,21,23,26). The normalized spacial score (nSPS) is 11.9. The number of aromatic amines is 1. The van der Waals surface area contributed by atoms with Crippen LogP contribution in [0.3, 0.4) is 0 Å². The summed E-state index contributed by atoms with van der Waals surface area (Å²) in [6, 6.07) is 12.0. The van der Waals surface area contributed by atoms with Gasteiger partial charge in [-0.1, -0.05) is 0 Å². The predicted octanol–water partition coefficient (Wildman–Crippen LogP) is 1.69. The molecular weight excluding hydrogens is 344 g/mol.